The highest BCUT2D eigenvalue weighted by molar-refractivity contribution is 6.18. The van der Waals surface area contributed by atoms with Crippen LogP contribution in [-0.2, 0) is 0 Å². The molecule has 0 aliphatic heterocycles. The molecule has 0 aliphatic rings. The summed E-state index contributed by atoms with van der Waals surface area (Å²) < 4.78 is 9.51. The number of para-hydroxylation sites is 7. The Morgan fingerprint density at radius 1 is 0.152 bits per heavy atom. The molecule has 0 spiro atoms. The van der Waals surface area contributed by atoms with Gasteiger partial charge in [0.15, 0.2) is 11.6 Å². The molecule has 0 amide bonds. The molecule has 18 aromatic carbocycles. The Morgan fingerprint density at radius 2 is 0.473 bits per heavy atom. The zero-order valence-electron chi connectivity index (χ0n) is 60.5. The molecular weight excluding hydrogens is 1360 g/mol. The van der Waals surface area contributed by atoms with E-state index in [1.54, 1.807) is 0 Å². The number of rotatable bonds is 8. The summed E-state index contributed by atoms with van der Waals surface area (Å²) in [5.41, 5.74) is 21.7. The van der Waals surface area contributed by atoms with Crippen molar-refractivity contribution in [3.05, 3.63) is 388 Å². The fourth-order valence-electron chi connectivity index (χ4n) is 17.7. The average molecular weight is 1430 g/mol. The second kappa shape index (κ2) is 25.3. The monoisotopic (exact) mass is 1420 g/mol. The Morgan fingerprint density at radius 3 is 0.955 bits per heavy atom. The van der Waals surface area contributed by atoms with Crippen molar-refractivity contribution in [3.63, 3.8) is 0 Å². The molecule has 0 saturated carbocycles. The standard InChI is InChI=1S/2C52H32N4/c1-2-16-39(17-3-1)56-48-32-38(24-27-42(48)45-29-35-13-5-7-15-37(35)31-50(45)56)51-43-19-8-10-20-46(43)53-52(54-51)33-22-25-40(26-23-33)55-47-21-11-9-18-41(47)44-28-34-12-4-6-14-36(34)30-49(44)55;1-2-16-39(17-3-1)55-47-23-10-7-20-42(47)45-30-38-27-36(26-25-35(38)32-49(45)55)51-43-21-6-9-22-46(43)53-52(54-51)37-15-12-18-40(28-37)56-48-24-11-8-19-41(48)44-29-33-13-4-5-14-34(33)31-50(44)56/h2*1-32H. The van der Waals surface area contributed by atoms with Gasteiger partial charge in [-0.05, 0) is 195 Å². The van der Waals surface area contributed by atoms with E-state index in [4.69, 9.17) is 19.9 Å². The van der Waals surface area contributed by atoms with Gasteiger partial charge in [0.1, 0.15) is 0 Å². The quantitative estimate of drug-likeness (QED) is 0.152. The lowest BCUT2D eigenvalue weighted by Gasteiger charge is -2.13. The summed E-state index contributed by atoms with van der Waals surface area (Å²) in [6.45, 7) is 0. The minimum absolute atomic E-state index is 0.702. The van der Waals surface area contributed by atoms with Crippen molar-refractivity contribution in [1.82, 2.24) is 38.2 Å². The third-order valence-electron chi connectivity index (χ3n) is 22.9. The molecule has 8 heteroatoms. The lowest BCUT2D eigenvalue weighted by Crippen LogP contribution is -1.98. The Balaban J connectivity index is 0.000000134. The van der Waals surface area contributed by atoms with Crippen LogP contribution >= 0.6 is 0 Å². The second-order valence-corrected chi connectivity index (χ2v) is 29.3. The van der Waals surface area contributed by atoms with Gasteiger partial charge in [-0.25, -0.2) is 19.9 Å². The molecule has 0 saturated heterocycles. The van der Waals surface area contributed by atoms with E-state index >= 15 is 0 Å². The molecule has 0 N–H and O–H groups in total. The summed E-state index contributed by atoms with van der Waals surface area (Å²) in [5, 5.41) is 21.7. The van der Waals surface area contributed by atoms with Crippen molar-refractivity contribution in [2.45, 2.75) is 0 Å². The molecule has 24 aromatic rings. The van der Waals surface area contributed by atoms with E-state index in [1.165, 1.54) is 125 Å². The van der Waals surface area contributed by atoms with Crippen LogP contribution in [0.2, 0.25) is 0 Å². The molecule has 8 nitrogen and oxygen atoms in total. The summed E-state index contributed by atoms with van der Waals surface area (Å²) in [6, 6.07) is 139. The number of nitrogens with zero attached hydrogens (tertiary/aromatic N) is 8. The van der Waals surface area contributed by atoms with Crippen molar-refractivity contribution >= 4 is 152 Å². The molecule has 112 heavy (non-hydrogen) atoms. The largest absolute Gasteiger partial charge is 0.309 e. The summed E-state index contributed by atoms with van der Waals surface area (Å²) in [5.74, 6) is 1.40. The first kappa shape index (κ1) is 63.0. The van der Waals surface area contributed by atoms with Crippen molar-refractivity contribution in [2.75, 3.05) is 0 Å². The van der Waals surface area contributed by atoms with Crippen molar-refractivity contribution in [2.24, 2.45) is 0 Å². The van der Waals surface area contributed by atoms with Crippen molar-refractivity contribution in [3.8, 4) is 68.0 Å². The molecule has 0 unspecified atom stereocenters. The Hall–Kier alpha value is -15.1. The van der Waals surface area contributed by atoms with Gasteiger partial charge in [-0.2, -0.15) is 0 Å². The van der Waals surface area contributed by atoms with E-state index < -0.39 is 0 Å². The normalized spacial score (nSPS) is 11.9. The molecule has 6 aromatic heterocycles. The molecule has 24 rings (SSSR count). The summed E-state index contributed by atoms with van der Waals surface area (Å²) in [4.78, 5) is 21.0. The van der Waals surface area contributed by atoms with E-state index in [1.807, 2.05) is 0 Å². The van der Waals surface area contributed by atoms with Crippen molar-refractivity contribution in [1.29, 1.82) is 0 Å². The number of fused-ring (bicyclic) bond motifs is 18. The third kappa shape index (κ3) is 10.2. The Labute approximate surface area is 642 Å². The van der Waals surface area contributed by atoms with E-state index in [2.05, 4.69) is 407 Å². The van der Waals surface area contributed by atoms with Crippen LogP contribution in [0.4, 0.5) is 0 Å². The third-order valence-corrected chi connectivity index (χ3v) is 22.9. The van der Waals surface area contributed by atoms with Gasteiger partial charge in [0.05, 0.1) is 66.6 Å². The SMILES string of the molecule is c1ccc(-n2c3cc(-c4nc(-c5ccc(-n6c7ccccc7c7cc8ccccc8cc76)cc5)nc5ccccc45)ccc3c3cc4ccccc4cc32)cc1.c1ccc(-n2c3ccccc3c3cc4cc(-c5nc(-c6cccc(-n7c8ccccc8c8cc9ccccc9cc87)c6)nc6ccccc56)ccc4cc32)cc1. The summed E-state index contributed by atoms with van der Waals surface area (Å²) in [7, 11) is 0. The van der Waals surface area contributed by atoms with Crippen LogP contribution < -0.4 is 0 Å². The predicted octanol–water partition coefficient (Wildman–Crippen LogP) is 26.9. The van der Waals surface area contributed by atoms with Gasteiger partial charge in [0.2, 0.25) is 0 Å². The van der Waals surface area contributed by atoms with Crippen LogP contribution in [0.5, 0.6) is 0 Å². The molecule has 0 radical (unpaired) electrons. The van der Waals surface area contributed by atoms with Crippen LogP contribution in [0.3, 0.4) is 0 Å². The lowest BCUT2D eigenvalue weighted by molar-refractivity contribution is 1.17. The lowest BCUT2D eigenvalue weighted by atomic mass is 10.00. The highest BCUT2D eigenvalue weighted by Gasteiger charge is 2.22. The maximum atomic E-state index is 5.37. The van der Waals surface area contributed by atoms with E-state index in [0.717, 1.165) is 83.7 Å². The smallest absolute Gasteiger partial charge is 0.160 e. The van der Waals surface area contributed by atoms with Gasteiger partial charge < -0.3 is 18.3 Å². The maximum Gasteiger partial charge on any atom is 0.160 e. The predicted molar refractivity (Wildman–Crippen MR) is 468 cm³/mol. The van der Waals surface area contributed by atoms with Crippen LogP contribution in [0, 0.1) is 0 Å². The zero-order chi connectivity index (χ0) is 73.5. The van der Waals surface area contributed by atoms with Crippen LogP contribution in [-0.4, -0.2) is 38.2 Å². The molecule has 520 valence electrons. The highest BCUT2D eigenvalue weighted by Crippen LogP contribution is 2.43. The Bertz CT molecular complexity index is 8000. The van der Waals surface area contributed by atoms with Gasteiger partial charge >= 0.3 is 0 Å². The van der Waals surface area contributed by atoms with Crippen molar-refractivity contribution < 1.29 is 0 Å². The van der Waals surface area contributed by atoms with E-state index in [9.17, 15) is 0 Å². The van der Waals surface area contributed by atoms with Crippen LogP contribution in [0.25, 0.3) is 220 Å². The van der Waals surface area contributed by atoms with Gasteiger partial charge in [-0.15, -0.1) is 0 Å². The van der Waals surface area contributed by atoms with Gasteiger partial charge in [-0.3, -0.25) is 0 Å². The number of hydrogen-bond donors (Lipinski definition) is 0. The van der Waals surface area contributed by atoms with Crippen LogP contribution in [0.15, 0.2) is 388 Å². The van der Waals surface area contributed by atoms with Gasteiger partial charge in [0.25, 0.3) is 0 Å². The highest BCUT2D eigenvalue weighted by atomic mass is 15.0. The maximum absolute atomic E-state index is 5.37. The minimum atomic E-state index is 0.702. The van der Waals surface area contributed by atoms with Gasteiger partial charge in [0, 0.05) is 98.9 Å². The molecule has 0 aliphatic carbocycles. The first-order valence-electron chi connectivity index (χ1n) is 38.1. The van der Waals surface area contributed by atoms with E-state index in [0.29, 0.717) is 11.6 Å². The molecule has 0 bridgehead atoms. The fraction of sp³-hybridized carbons (Fsp3) is 0. The first-order chi connectivity index (χ1) is 55.5. The molecule has 0 atom stereocenters. The molecule has 0 fully saturated rings. The molecular formula is C104H64N8. The Kier molecular flexibility index (Phi) is 14.2. The van der Waals surface area contributed by atoms with Crippen LogP contribution in [0.1, 0.15) is 0 Å². The number of benzene rings is 18. The second-order valence-electron chi connectivity index (χ2n) is 29.3. The average Bonchev–Trinajstić information content (AvgIpc) is 1.60. The first-order valence-corrected chi connectivity index (χ1v) is 38.1. The topological polar surface area (TPSA) is 71.3 Å². The molecule has 6 heterocycles. The van der Waals surface area contributed by atoms with Gasteiger partial charge in [-0.1, -0.05) is 237 Å². The number of aromatic nitrogens is 8. The summed E-state index contributed by atoms with van der Waals surface area (Å²) >= 11 is 0. The zero-order valence-corrected chi connectivity index (χ0v) is 60.5. The summed E-state index contributed by atoms with van der Waals surface area (Å²) in [6.07, 6.45) is 0. The fourth-order valence-corrected chi connectivity index (χ4v) is 17.7. The number of hydrogen-bond acceptors (Lipinski definition) is 4. The van der Waals surface area contributed by atoms with E-state index in [-0.39, 0.29) is 0 Å². The minimum Gasteiger partial charge on any atom is -0.309 e.